The van der Waals surface area contributed by atoms with Gasteiger partial charge in [-0.1, -0.05) is 54.7 Å². The second-order valence-corrected chi connectivity index (χ2v) is 8.31. The molecular formula is C28H20FNS. The molecule has 0 amide bonds. The Morgan fingerprint density at radius 3 is 2.39 bits per heavy atom. The maximum Gasteiger partial charge on any atom is 0.150 e. The summed E-state index contributed by atoms with van der Waals surface area (Å²) in [6, 6.07) is 19.9. The molecule has 150 valence electrons. The summed E-state index contributed by atoms with van der Waals surface area (Å²) in [6.07, 6.45) is 6.93. The minimum atomic E-state index is -0.400. The Labute approximate surface area is 187 Å². The van der Waals surface area contributed by atoms with Gasteiger partial charge in [0.15, 0.2) is 0 Å². The van der Waals surface area contributed by atoms with Crippen LogP contribution in [0.15, 0.2) is 71.2 Å². The van der Waals surface area contributed by atoms with Gasteiger partial charge in [-0.2, -0.15) is 4.99 Å². The maximum atomic E-state index is 14.2. The number of benzene rings is 3. The third kappa shape index (κ3) is 4.14. The quantitative estimate of drug-likeness (QED) is 0.242. The summed E-state index contributed by atoms with van der Waals surface area (Å²) >= 11 is 4.56. The van der Waals surface area contributed by atoms with Crippen molar-refractivity contribution >= 4 is 29.1 Å². The van der Waals surface area contributed by atoms with Gasteiger partial charge >= 0.3 is 0 Å². The Bertz CT molecular complexity index is 1300. The van der Waals surface area contributed by atoms with Crippen LogP contribution in [0, 0.1) is 17.7 Å². The van der Waals surface area contributed by atoms with Crippen LogP contribution < -0.4 is 0 Å². The number of aliphatic imine (C=N–C) groups is 1. The first-order chi connectivity index (χ1) is 15.2. The van der Waals surface area contributed by atoms with E-state index in [4.69, 9.17) is 0 Å². The van der Waals surface area contributed by atoms with Gasteiger partial charge in [0.2, 0.25) is 0 Å². The van der Waals surface area contributed by atoms with Crippen molar-refractivity contribution in [2.24, 2.45) is 4.99 Å². The lowest BCUT2D eigenvalue weighted by atomic mass is 9.80. The van der Waals surface area contributed by atoms with E-state index in [1.54, 1.807) is 6.07 Å². The van der Waals surface area contributed by atoms with Crippen LogP contribution in [0.3, 0.4) is 0 Å². The molecule has 1 fully saturated rings. The van der Waals surface area contributed by atoms with Gasteiger partial charge < -0.3 is 0 Å². The number of allylic oxidation sites excluding steroid dienone is 1. The van der Waals surface area contributed by atoms with Crippen molar-refractivity contribution in [2.75, 3.05) is 0 Å². The molecule has 0 radical (unpaired) electrons. The van der Waals surface area contributed by atoms with Crippen molar-refractivity contribution in [2.45, 2.75) is 31.6 Å². The summed E-state index contributed by atoms with van der Waals surface area (Å²) in [5.41, 5.74) is 7.98. The second kappa shape index (κ2) is 8.44. The third-order valence-electron chi connectivity index (χ3n) is 6.16. The summed E-state index contributed by atoms with van der Waals surface area (Å²) < 4.78 is 14.2. The molecule has 3 heteroatoms. The third-order valence-corrected chi connectivity index (χ3v) is 6.25. The lowest BCUT2D eigenvalue weighted by Crippen LogP contribution is -2.08. The van der Waals surface area contributed by atoms with E-state index in [1.807, 2.05) is 12.1 Å². The molecule has 31 heavy (non-hydrogen) atoms. The standard InChI is InChI=1S/C28H20FNS/c29-27-17-25(12-13-28(27)30-18-31)24-11-10-23-14-20(15-26(23)16-24)5-4-19-6-8-22(9-7-19)21-2-1-3-21/h6-14,16-17,21H,1-3,15H2. The number of hydrogen-bond donors (Lipinski definition) is 0. The van der Waals surface area contributed by atoms with Crippen molar-refractivity contribution in [1.82, 2.24) is 0 Å². The molecule has 0 spiro atoms. The fraction of sp³-hybridized carbons (Fsp3) is 0.179. The predicted octanol–water partition coefficient (Wildman–Crippen LogP) is 7.49. The minimum Gasteiger partial charge on any atom is -0.205 e. The van der Waals surface area contributed by atoms with Crippen molar-refractivity contribution in [3.05, 3.63) is 94.3 Å². The van der Waals surface area contributed by atoms with Gasteiger partial charge in [-0.15, -0.1) is 0 Å². The predicted molar refractivity (Wildman–Crippen MR) is 128 cm³/mol. The lowest BCUT2D eigenvalue weighted by Gasteiger charge is -2.25. The van der Waals surface area contributed by atoms with E-state index in [0.717, 1.165) is 34.6 Å². The summed E-state index contributed by atoms with van der Waals surface area (Å²) in [4.78, 5) is 3.74. The minimum absolute atomic E-state index is 0.208. The summed E-state index contributed by atoms with van der Waals surface area (Å²) in [7, 11) is 0. The van der Waals surface area contributed by atoms with E-state index in [-0.39, 0.29) is 5.69 Å². The van der Waals surface area contributed by atoms with E-state index < -0.39 is 5.82 Å². The van der Waals surface area contributed by atoms with E-state index in [0.29, 0.717) is 0 Å². The van der Waals surface area contributed by atoms with Crippen LogP contribution in [-0.4, -0.2) is 5.16 Å². The largest absolute Gasteiger partial charge is 0.205 e. The van der Waals surface area contributed by atoms with Crippen LogP contribution in [0.1, 0.15) is 47.4 Å². The van der Waals surface area contributed by atoms with Gasteiger partial charge in [0, 0.05) is 17.6 Å². The fourth-order valence-corrected chi connectivity index (χ4v) is 4.26. The van der Waals surface area contributed by atoms with E-state index in [9.17, 15) is 4.39 Å². The molecular weight excluding hydrogens is 401 g/mol. The Balaban J connectivity index is 1.32. The normalized spacial score (nSPS) is 14.5. The fourth-order valence-electron chi connectivity index (χ4n) is 4.16. The molecule has 0 heterocycles. The molecule has 0 aromatic heterocycles. The van der Waals surface area contributed by atoms with Gasteiger partial charge in [-0.05, 0) is 89.1 Å². The van der Waals surface area contributed by atoms with Crippen molar-refractivity contribution in [3.63, 3.8) is 0 Å². The van der Waals surface area contributed by atoms with Crippen LogP contribution in [-0.2, 0) is 6.42 Å². The molecule has 0 unspecified atom stereocenters. The molecule has 0 saturated heterocycles. The maximum absolute atomic E-state index is 14.2. The van der Waals surface area contributed by atoms with Gasteiger partial charge in [0.05, 0.1) is 5.16 Å². The highest BCUT2D eigenvalue weighted by Gasteiger charge is 2.18. The average molecular weight is 422 g/mol. The summed E-state index contributed by atoms with van der Waals surface area (Å²) in [6.45, 7) is 0. The van der Waals surface area contributed by atoms with Crippen molar-refractivity contribution in [1.29, 1.82) is 0 Å². The van der Waals surface area contributed by atoms with Gasteiger partial charge in [0.1, 0.15) is 11.5 Å². The molecule has 2 aliphatic rings. The first-order valence-electron chi connectivity index (χ1n) is 10.5. The van der Waals surface area contributed by atoms with Crippen LogP contribution in [0.4, 0.5) is 10.1 Å². The Hall–Kier alpha value is -3.31. The molecule has 5 rings (SSSR count). The second-order valence-electron chi connectivity index (χ2n) is 8.13. The zero-order valence-corrected chi connectivity index (χ0v) is 17.8. The van der Waals surface area contributed by atoms with Crippen LogP contribution in [0.25, 0.3) is 17.2 Å². The molecule has 3 aromatic carbocycles. The van der Waals surface area contributed by atoms with Crippen LogP contribution in [0.2, 0.25) is 0 Å². The Kier molecular flexibility index (Phi) is 5.35. The average Bonchev–Trinajstić information content (AvgIpc) is 3.16. The van der Waals surface area contributed by atoms with E-state index in [2.05, 4.69) is 76.7 Å². The Morgan fingerprint density at radius 2 is 1.68 bits per heavy atom. The summed E-state index contributed by atoms with van der Waals surface area (Å²) in [5.74, 6) is 6.99. The molecule has 0 bridgehead atoms. The molecule has 1 saturated carbocycles. The van der Waals surface area contributed by atoms with Gasteiger partial charge in [0.25, 0.3) is 0 Å². The van der Waals surface area contributed by atoms with Gasteiger partial charge in [-0.3, -0.25) is 0 Å². The number of rotatable bonds is 3. The molecule has 0 N–H and O–H groups in total. The highest BCUT2D eigenvalue weighted by Crippen LogP contribution is 2.36. The summed E-state index contributed by atoms with van der Waals surface area (Å²) in [5, 5.41) is 2.21. The SMILES string of the molecule is Fc1cc(-c2ccc3c(c2)CC(C#Cc2ccc(C4CCC4)cc2)=C3)ccc1N=C=S. The molecule has 0 aliphatic heterocycles. The first-order valence-corrected chi connectivity index (χ1v) is 10.9. The van der Waals surface area contributed by atoms with Crippen LogP contribution in [0.5, 0.6) is 0 Å². The van der Waals surface area contributed by atoms with Gasteiger partial charge in [-0.25, -0.2) is 4.39 Å². The number of isothiocyanates is 1. The van der Waals surface area contributed by atoms with E-state index in [1.165, 1.54) is 42.0 Å². The van der Waals surface area contributed by atoms with Crippen molar-refractivity contribution in [3.8, 4) is 23.0 Å². The highest BCUT2D eigenvalue weighted by molar-refractivity contribution is 7.78. The van der Waals surface area contributed by atoms with Crippen molar-refractivity contribution < 1.29 is 4.39 Å². The number of thiocarbonyl (C=S) groups is 1. The Morgan fingerprint density at radius 1 is 0.903 bits per heavy atom. The topological polar surface area (TPSA) is 12.4 Å². The van der Waals surface area contributed by atoms with Crippen LogP contribution >= 0.6 is 12.2 Å². The zero-order chi connectivity index (χ0) is 21.2. The molecule has 0 atom stereocenters. The first kappa shape index (κ1) is 19.6. The zero-order valence-electron chi connectivity index (χ0n) is 17.0. The number of hydrogen-bond acceptors (Lipinski definition) is 2. The van der Waals surface area contributed by atoms with E-state index >= 15 is 0 Å². The number of nitrogens with zero attached hydrogens (tertiary/aromatic N) is 1. The lowest BCUT2D eigenvalue weighted by molar-refractivity contribution is 0.420. The molecule has 1 nitrogen and oxygen atoms in total. The smallest absolute Gasteiger partial charge is 0.150 e. The highest BCUT2D eigenvalue weighted by atomic mass is 32.1. The number of halogens is 1. The monoisotopic (exact) mass is 421 g/mol. The molecule has 3 aromatic rings. The molecule has 2 aliphatic carbocycles. The number of fused-ring (bicyclic) bond motifs is 1.